The predicted octanol–water partition coefficient (Wildman–Crippen LogP) is 3.79. The minimum absolute atomic E-state index is 0.0523. The number of amides is 1. The third kappa shape index (κ3) is 5.93. The lowest BCUT2D eigenvalue weighted by molar-refractivity contribution is 0.0953. The first-order valence-electron chi connectivity index (χ1n) is 10.2. The van der Waals surface area contributed by atoms with Gasteiger partial charge in [-0.05, 0) is 55.9 Å². The first kappa shape index (κ1) is 22.1. The van der Waals surface area contributed by atoms with Crippen molar-refractivity contribution in [2.75, 3.05) is 13.7 Å². The molecule has 0 unspecified atom stereocenters. The van der Waals surface area contributed by atoms with E-state index in [4.69, 9.17) is 4.74 Å². The average molecular weight is 429 g/mol. The standard InChI is InChI=1S/C23H28N2O4S/c1-29-21-13-12-20(23(26)24-15-14-18-8-4-2-5-9-18)16-22(21)30(27,28)25-17-19-10-6-3-7-11-19/h3,6-8,10-13,16,25H,2,4-5,9,14-15,17H2,1H3,(H,24,26). The second-order valence-electron chi connectivity index (χ2n) is 7.29. The van der Waals surface area contributed by atoms with Crippen LogP contribution in [0.4, 0.5) is 0 Å². The maximum atomic E-state index is 12.9. The molecule has 1 aliphatic rings. The molecule has 0 atom stereocenters. The molecule has 0 aliphatic heterocycles. The molecular weight excluding hydrogens is 400 g/mol. The van der Waals surface area contributed by atoms with E-state index in [9.17, 15) is 13.2 Å². The van der Waals surface area contributed by atoms with Crippen molar-refractivity contribution < 1.29 is 17.9 Å². The molecule has 0 radical (unpaired) electrons. The van der Waals surface area contributed by atoms with Crippen LogP contribution in [0.5, 0.6) is 5.75 Å². The van der Waals surface area contributed by atoms with E-state index in [0.29, 0.717) is 6.54 Å². The van der Waals surface area contributed by atoms with Crippen molar-refractivity contribution in [3.05, 3.63) is 71.3 Å². The number of hydrogen-bond donors (Lipinski definition) is 2. The first-order chi connectivity index (χ1) is 14.5. The number of allylic oxidation sites excluding steroid dienone is 1. The SMILES string of the molecule is COc1ccc(C(=O)NCCC2=CCCCC2)cc1S(=O)(=O)NCc1ccccc1. The molecule has 2 aromatic rings. The van der Waals surface area contributed by atoms with Crippen LogP contribution in [-0.4, -0.2) is 28.0 Å². The Morgan fingerprint density at radius 1 is 1.10 bits per heavy atom. The summed E-state index contributed by atoms with van der Waals surface area (Å²) in [6.07, 6.45) is 7.72. The molecule has 3 rings (SSSR count). The molecule has 2 aromatic carbocycles. The highest BCUT2D eigenvalue weighted by molar-refractivity contribution is 7.89. The lowest BCUT2D eigenvalue weighted by atomic mass is 9.97. The Morgan fingerprint density at radius 2 is 1.90 bits per heavy atom. The number of benzene rings is 2. The topological polar surface area (TPSA) is 84.5 Å². The summed E-state index contributed by atoms with van der Waals surface area (Å²) in [7, 11) is -2.45. The minimum Gasteiger partial charge on any atom is -0.495 e. The summed E-state index contributed by atoms with van der Waals surface area (Å²) in [5, 5.41) is 2.88. The van der Waals surface area contributed by atoms with Gasteiger partial charge >= 0.3 is 0 Å². The van der Waals surface area contributed by atoms with Crippen LogP contribution in [0, 0.1) is 0 Å². The second-order valence-corrected chi connectivity index (χ2v) is 9.03. The molecule has 0 heterocycles. The quantitative estimate of drug-likeness (QED) is 0.595. The van der Waals surface area contributed by atoms with Gasteiger partial charge in [0.15, 0.2) is 0 Å². The Kier molecular flexibility index (Phi) is 7.65. The van der Waals surface area contributed by atoms with Crippen molar-refractivity contribution in [2.45, 2.75) is 43.5 Å². The zero-order valence-electron chi connectivity index (χ0n) is 17.2. The summed E-state index contributed by atoms with van der Waals surface area (Å²) < 4.78 is 33.5. The van der Waals surface area contributed by atoms with E-state index in [1.54, 1.807) is 6.07 Å². The third-order valence-electron chi connectivity index (χ3n) is 5.14. The molecule has 0 saturated heterocycles. The highest BCUT2D eigenvalue weighted by Crippen LogP contribution is 2.25. The van der Waals surface area contributed by atoms with Gasteiger partial charge in [0.25, 0.3) is 5.91 Å². The van der Waals surface area contributed by atoms with Gasteiger partial charge in [0.1, 0.15) is 10.6 Å². The van der Waals surface area contributed by atoms with Gasteiger partial charge in [-0.3, -0.25) is 4.79 Å². The molecule has 160 valence electrons. The van der Waals surface area contributed by atoms with Crippen LogP contribution in [0.25, 0.3) is 0 Å². The van der Waals surface area contributed by atoms with Crippen LogP contribution in [0.3, 0.4) is 0 Å². The van der Waals surface area contributed by atoms with Gasteiger partial charge in [0.2, 0.25) is 10.0 Å². The molecule has 6 nitrogen and oxygen atoms in total. The molecule has 0 fully saturated rings. The zero-order valence-corrected chi connectivity index (χ0v) is 18.0. The maximum Gasteiger partial charge on any atom is 0.251 e. The van der Waals surface area contributed by atoms with Crippen molar-refractivity contribution in [1.29, 1.82) is 0 Å². The van der Waals surface area contributed by atoms with Crippen molar-refractivity contribution >= 4 is 15.9 Å². The molecule has 30 heavy (non-hydrogen) atoms. The number of rotatable bonds is 9. The number of methoxy groups -OCH3 is 1. The van der Waals surface area contributed by atoms with Gasteiger partial charge in [0.05, 0.1) is 7.11 Å². The normalized spacial score (nSPS) is 14.1. The van der Waals surface area contributed by atoms with Gasteiger partial charge in [0, 0.05) is 18.7 Å². The fourth-order valence-electron chi connectivity index (χ4n) is 3.45. The lowest BCUT2D eigenvalue weighted by Crippen LogP contribution is -2.27. The molecule has 1 aliphatic carbocycles. The minimum atomic E-state index is -3.86. The lowest BCUT2D eigenvalue weighted by Gasteiger charge is -2.14. The molecular formula is C23H28N2O4S. The number of ether oxygens (including phenoxy) is 1. The molecule has 0 spiro atoms. The second kappa shape index (κ2) is 10.4. The summed E-state index contributed by atoms with van der Waals surface area (Å²) >= 11 is 0. The number of hydrogen-bond acceptors (Lipinski definition) is 4. The van der Waals surface area contributed by atoms with Crippen molar-refractivity contribution in [3.63, 3.8) is 0 Å². The highest BCUT2D eigenvalue weighted by atomic mass is 32.2. The summed E-state index contributed by atoms with van der Waals surface area (Å²) in [4.78, 5) is 12.5. The van der Waals surface area contributed by atoms with Crippen molar-refractivity contribution in [3.8, 4) is 5.75 Å². The summed E-state index contributed by atoms with van der Waals surface area (Å²) in [6, 6.07) is 13.7. The Labute approximate surface area is 178 Å². The van der Waals surface area contributed by atoms with E-state index in [2.05, 4.69) is 16.1 Å². The van der Waals surface area contributed by atoms with E-state index in [1.165, 1.54) is 37.7 Å². The Bertz CT molecular complexity index is 1000. The van der Waals surface area contributed by atoms with Crippen LogP contribution in [-0.2, 0) is 16.6 Å². The zero-order chi connectivity index (χ0) is 21.4. The fraction of sp³-hybridized carbons (Fsp3) is 0.348. The van der Waals surface area contributed by atoms with Crippen LogP contribution >= 0.6 is 0 Å². The molecule has 0 aromatic heterocycles. The van der Waals surface area contributed by atoms with Crippen LogP contribution in [0.1, 0.15) is 48.0 Å². The summed E-state index contributed by atoms with van der Waals surface area (Å²) in [5.74, 6) is -0.104. The number of carbonyl (C=O) groups is 1. The van der Waals surface area contributed by atoms with E-state index >= 15 is 0 Å². The van der Waals surface area contributed by atoms with Gasteiger partial charge in [-0.2, -0.15) is 0 Å². The molecule has 0 bridgehead atoms. The number of nitrogens with one attached hydrogen (secondary N) is 2. The summed E-state index contributed by atoms with van der Waals surface area (Å²) in [5.41, 5.74) is 2.50. The van der Waals surface area contributed by atoms with E-state index in [1.807, 2.05) is 30.3 Å². The molecule has 2 N–H and O–H groups in total. The number of carbonyl (C=O) groups excluding carboxylic acids is 1. The van der Waals surface area contributed by atoms with Crippen molar-refractivity contribution in [1.82, 2.24) is 10.0 Å². The predicted molar refractivity (Wildman–Crippen MR) is 117 cm³/mol. The maximum absolute atomic E-state index is 12.9. The Morgan fingerprint density at radius 3 is 2.60 bits per heavy atom. The average Bonchev–Trinajstić information content (AvgIpc) is 2.78. The van der Waals surface area contributed by atoms with E-state index in [0.717, 1.165) is 24.8 Å². The summed E-state index contributed by atoms with van der Waals surface area (Å²) in [6.45, 7) is 0.683. The number of sulfonamides is 1. The fourth-order valence-corrected chi connectivity index (χ4v) is 4.66. The first-order valence-corrected chi connectivity index (χ1v) is 11.7. The van der Waals surface area contributed by atoms with Gasteiger partial charge in [-0.15, -0.1) is 0 Å². The van der Waals surface area contributed by atoms with Crippen molar-refractivity contribution in [2.24, 2.45) is 0 Å². The molecule has 7 heteroatoms. The Hall–Kier alpha value is -2.64. The van der Waals surface area contributed by atoms with Gasteiger partial charge < -0.3 is 10.1 Å². The van der Waals surface area contributed by atoms with Gasteiger partial charge in [-0.25, -0.2) is 13.1 Å². The highest BCUT2D eigenvalue weighted by Gasteiger charge is 2.21. The largest absolute Gasteiger partial charge is 0.495 e. The van der Waals surface area contributed by atoms with Crippen LogP contribution in [0.2, 0.25) is 0 Å². The molecule has 0 saturated carbocycles. The van der Waals surface area contributed by atoms with Crippen LogP contribution in [0.15, 0.2) is 65.1 Å². The third-order valence-corrected chi connectivity index (χ3v) is 6.56. The monoisotopic (exact) mass is 428 g/mol. The smallest absolute Gasteiger partial charge is 0.251 e. The Balaban J connectivity index is 1.68. The molecule has 1 amide bonds. The van der Waals surface area contributed by atoms with Crippen LogP contribution < -0.4 is 14.8 Å². The van der Waals surface area contributed by atoms with E-state index in [-0.39, 0.29) is 28.7 Å². The van der Waals surface area contributed by atoms with Gasteiger partial charge in [-0.1, -0.05) is 42.0 Å². The van der Waals surface area contributed by atoms with E-state index < -0.39 is 10.0 Å².